The third-order valence-corrected chi connectivity index (χ3v) is 5.53. The Balaban J connectivity index is 1.43. The van der Waals surface area contributed by atoms with Crippen molar-refractivity contribution in [2.45, 2.75) is 19.9 Å². The van der Waals surface area contributed by atoms with Crippen LogP contribution in [0.2, 0.25) is 0 Å². The Kier molecular flexibility index (Phi) is 7.86. The maximum absolute atomic E-state index is 12.4. The Morgan fingerprint density at radius 2 is 1.60 bits per heavy atom. The number of rotatable bonds is 9. The van der Waals surface area contributed by atoms with Crippen LogP contribution in [0.4, 0.5) is 5.69 Å². The number of aromatic nitrogens is 2. The Morgan fingerprint density at radius 1 is 0.914 bits per heavy atom. The van der Waals surface area contributed by atoms with Gasteiger partial charge >= 0.3 is 0 Å². The number of hydrogen-bond donors (Lipinski definition) is 2. The summed E-state index contributed by atoms with van der Waals surface area (Å²) in [4.78, 5) is 24.7. The van der Waals surface area contributed by atoms with E-state index in [-0.39, 0.29) is 18.4 Å². The molecule has 4 rings (SSSR count). The van der Waals surface area contributed by atoms with Crippen LogP contribution in [0, 0.1) is 0 Å². The van der Waals surface area contributed by atoms with Gasteiger partial charge in [-0.25, -0.2) is 0 Å². The van der Waals surface area contributed by atoms with Crippen LogP contribution in [0.15, 0.2) is 97.2 Å². The number of benzene rings is 3. The van der Waals surface area contributed by atoms with E-state index >= 15 is 0 Å². The predicted molar refractivity (Wildman–Crippen MR) is 140 cm³/mol. The summed E-state index contributed by atoms with van der Waals surface area (Å²) in [7, 11) is 0. The van der Waals surface area contributed by atoms with Gasteiger partial charge < -0.3 is 10.6 Å². The van der Waals surface area contributed by atoms with Crippen LogP contribution in [0.5, 0.6) is 0 Å². The monoisotopic (exact) mass is 464 g/mol. The highest BCUT2D eigenvalue weighted by Gasteiger charge is 2.11. The van der Waals surface area contributed by atoms with Crippen LogP contribution in [-0.2, 0) is 22.6 Å². The smallest absolute Gasteiger partial charge is 0.244 e. The van der Waals surface area contributed by atoms with Gasteiger partial charge in [-0.15, -0.1) is 0 Å². The number of nitrogens with one attached hydrogen (secondary N) is 2. The van der Waals surface area contributed by atoms with Gasteiger partial charge in [-0.2, -0.15) is 5.10 Å². The lowest BCUT2D eigenvalue weighted by Gasteiger charge is -2.09. The molecule has 2 N–H and O–H groups in total. The molecule has 0 bridgehead atoms. The Morgan fingerprint density at radius 3 is 2.34 bits per heavy atom. The molecular formula is C29H28N4O2. The molecule has 0 spiro atoms. The van der Waals surface area contributed by atoms with Crippen LogP contribution in [0.1, 0.15) is 23.6 Å². The van der Waals surface area contributed by atoms with Gasteiger partial charge in [0, 0.05) is 29.1 Å². The number of hydrogen-bond acceptors (Lipinski definition) is 3. The first kappa shape index (κ1) is 23.7. The zero-order valence-corrected chi connectivity index (χ0v) is 19.6. The van der Waals surface area contributed by atoms with Gasteiger partial charge in [-0.1, -0.05) is 85.8 Å². The van der Waals surface area contributed by atoms with Crippen molar-refractivity contribution in [3.63, 3.8) is 0 Å². The van der Waals surface area contributed by atoms with Crippen LogP contribution >= 0.6 is 0 Å². The molecule has 0 aliphatic carbocycles. The second kappa shape index (κ2) is 11.6. The van der Waals surface area contributed by atoms with Gasteiger partial charge in [0.15, 0.2) is 0 Å². The highest BCUT2D eigenvalue weighted by Crippen LogP contribution is 2.23. The van der Waals surface area contributed by atoms with E-state index in [1.54, 1.807) is 6.08 Å². The third kappa shape index (κ3) is 6.54. The van der Waals surface area contributed by atoms with E-state index in [1.165, 1.54) is 6.08 Å². The quantitative estimate of drug-likeness (QED) is 0.345. The maximum Gasteiger partial charge on any atom is 0.244 e. The molecule has 1 aromatic heterocycles. The third-order valence-electron chi connectivity index (χ3n) is 5.53. The van der Waals surface area contributed by atoms with E-state index in [9.17, 15) is 9.59 Å². The second-order valence-electron chi connectivity index (χ2n) is 8.09. The summed E-state index contributed by atoms with van der Waals surface area (Å²) >= 11 is 0. The van der Waals surface area contributed by atoms with Crippen LogP contribution < -0.4 is 10.6 Å². The maximum atomic E-state index is 12.4. The Bertz CT molecular complexity index is 1310. The lowest BCUT2D eigenvalue weighted by molar-refractivity contribution is -0.121. The summed E-state index contributed by atoms with van der Waals surface area (Å²) < 4.78 is 1.87. The zero-order chi connectivity index (χ0) is 24.5. The summed E-state index contributed by atoms with van der Waals surface area (Å²) in [6, 6.07) is 27.6. The molecule has 0 atom stereocenters. The SMILES string of the molecule is CCc1ccccc1NC(=O)CNC(=O)/C=C/c1cn(Cc2ccccc2)nc1-c1ccccc1. The fourth-order valence-electron chi connectivity index (χ4n) is 3.77. The number of amides is 2. The highest BCUT2D eigenvalue weighted by atomic mass is 16.2. The topological polar surface area (TPSA) is 76.0 Å². The van der Waals surface area contributed by atoms with E-state index < -0.39 is 0 Å². The van der Waals surface area contributed by atoms with Crippen molar-refractivity contribution in [3.8, 4) is 11.3 Å². The molecule has 6 heteroatoms. The standard InChI is InChI=1S/C29H28N4O2/c1-2-23-13-9-10-16-26(23)31-28(35)19-30-27(34)18-17-25-21-33(20-22-11-5-3-6-12-22)32-29(25)24-14-7-4-8-15-24/h3-18,21H,2,19-20H2,1H3,(H,30,34)(H,31,35)/b18-17+. The van der Waals surface area contributed by atoms with Crippen molar-refractivity contribution in [2.24, 2.45) is 0 Å². The highest BCUT2D eigenvalue weighted by molar-refractivity contribution is 5.98. The lowest BCUT2D eigenvalue weighted by Crippen LogP contribution is -2.31. The minimum Gasteiger partial charge on any atom is -0.343 e. The summed E-state index contributed by atoms with van der Waals surface area (Å²) in [6.45, 7) is 2.55. The van der Waals surface area contributed by atoms with Gasteiger partial charge in [0.25, 0.3) is 0 Å². The predicted octanol–water partition coefficient (Wildman–Crippen LogP) is 4.93. The number of para-hydroxylation sites is 1. The largest absolute Gasteiger partial charge is 0.343 e. The fourth-order valence-corrected chi connectivity index (χ4v) is 3.77. The number of anilines is 1. The molecule has 3 aromatic carbocycles. The molecular weight excluding hydrogens is 436 g/mol. The van der Waals surface area contributed by atoms with Crippen molar-refractivity contribution in [1.82, 2.24) is 15.1 Å². The molecule has 0 aliphatic heterocycles. The molecule has 35 heavy (non-hydrogen) atoms. The van der Waals surface area contributed by atoms with Crippen molar-refractivity contribution in [1.29, 1.82) is 0 Å². The molecule has 0 radical (unpaired) electrons. The van der Waals surface area contributed by atoms with Crippen LogP contribution in [0.25, 0.3) is 17.3 Å². The minimum atomic E-state index is -0.348. The molecule has 0 saturated heterocycles. The molecule has 6 nitrogen and oxygen atoms in total. The summed E-state index contributed by atoms with van der Waals surface area (Å²) in [6.07, 6.45) is 5.90. The van der Waals surface area contributed by atoms with Crippen molar-refractivity contribution in [3.05, 3.63) is 114 Å². The number of nitrogens with zero attached hydrogens (tertiary/aromatic N) is 2. The molecule has 4 aromatic rings. The minimum absolute atomic E-state index is 0.111. The molecule has 0 aliphatic rings. The van der Waals surface area contributed by atoms with Gasteiger partial charge in [0.2, 0.25) is 11.8 Å². The first-order chi connectivity index (χ1) is 17.1. The first-order valence-electron chi connectivity index (χ1n) is 11.6. The number of carbonyl (C=O) groups is 2. The van der Waals surface area contributed by atoms with Gasteiger partial charge in [-0.05, 0) is 29.7 Å². The van der Waals surface area contributed by atoms with Gasteiger partial charge in [-0.3, -0.25) is 14.3 Å². The normalized spacial score (nSPS) is 10.9. The summed E-state index contributed by atoms with van der Waals surface area (Å²) in [5.74, 6) is -0.618. The summed E-state index contributed by atoms with van der Waals surface area (Å²) in [5, 5.41) is 10.3. The molecule has 2 amide bonds. The van der Waals surface area contributed by atoms with E-state index in [0.717, 1.165) is 40.1 Å². The molecule has 1 heterocycles. The second-order valence-corrected chi connectivity index (χ2v) is 8.09. The van der Waals surface area contributed by atoms with E-state index in [0.29, 0.717) is 6.54 Å². The average molecular weight is 465 g/mol. The van der Waals surface area contributed by atoms with Gasteiger partial charge in [0.05, 0.1) is 18.8 Å². The Labute approximate surface area is 205 Å². The zero-order valence-electron chi connectivity index (χ0n) is 19.6. The van der Waals surface area contributed by atoms with Crippen molar-refractivity contribution in [2.75, 3.05) is 11.9 Å². The number of carbonyl (C=O) groups excluding carboxylic acids is 2. The van der Waals surface area contributed by atoms with Crippen LogP contribution in [-0.4, -0.2) is 28.1 Å². The molecule has 0 fully saturated rings. The van der Waals surface area contributed by atoms with Crippen molar-refractivity contribution >= 4 is 23.6 Å². The molecule has 176 valence electrons. The van der Waals surface area contributed by atoms with E-state index in [1.807, 2.05) is 90.6 Å². The molecule has 0 unspecified atom stereocenters. The van der Waals surface area contributed by atoms with Crippen molar-refractivity contribution < 1.29 is 9.59 Å². The average Bonchev–Trinajstić information content (AvgIpc) is 3.30. The van der Waals surface area contributed by atoms with Crippen LogP contribution in [0.3, 0.4) is 0 Å². The van der Waals surface area contributed by atoms with Gasteiger partial charge in [0.1, 0.15) is 0 Å². The molecule has 0 saturated carbocycles. The summed E-state index contributed by atoms with van der Waals surface area (Å²) in [5.41, 5.74) is 5.53. The fraction of sp³-hybridized carbons (Fsp3) is 0.138. The Hall–Kier alpha value is -4.45. The van der Waals surface area contributed by atoms with E-state index in [4.69, 9.17) is 5.10 Å². The number of aryl methyl sites for hydroxylation is 1. The lowest BCUT2D eigenvalue weighted by atomic mass is 10.1. The van der Waals surface area contributed by atoms with E-state index in [2.05, 4.69) is 22.8 Å². The first-order valence-corrected chi connectivity index (χ1v) is 11.6.